The van der Waals surface area contributed by atoms with E-state index in [1.165, 1.54) is 0 Å². The molecule has 0 aliphatic carbocycles. The van der Waals surface area contributed by atoms with E-state index < -0.39 is 0 Å². The smallest absolute Gasteiger partial charge is 0.272 e. The van der Waals surface area contributed by atoms with Gasteiger partial charge < -0.3 is 9.88 Å². The van der Waals surface area contributed by atoms with E-state index >= 15 is 0 Å². The van der Waals surface area contributed by atoms with E-state index in [4.69, 9.17) is 0 Å². The lowest BCUT2D eigenvalue weighted by Crippen LogP contribution is -2.27. The topological polar surface area (TPSA) is 104 Å². The minimum Gasteiger partial charge on any atom is -0.344 e. The number of aromatic nitrogens is 6. The molecular formula is C19H21N7O. The number of H-pyrrole nitrogens is 2. The maximum atomic E-state index is 12.6. The lowest BCUT2D eigenvalue weighted by atomic mass is 10.1. The molecule has 1 aromatic carbocycles. The van der Waals surface area contributed by atoms with Gasteiger partial charge in [0.2, 0.25) is 0 Å². The fraction of sp³-hybridized carbons (Fsp3) is 0.263. The van der Waals surface area contributed by atoms with E-state index in [0.29, 0.717) is 12.2 Å². The first kappa shape index (κ1) is 17.0. The summed E-state index contributed by atoms with van der Waals surface area (Å²) in [6, 6.07) is 9.54. The summed E-state index contributed by atoms with van der Waals surface area (Å²) < 4.78 is 2.02. The average molecular weight is 363 g/mol. The van der Waals surface area contributed by atoms with Crippen LogP contribution in [0.3, 0.4) is 0 Å². The van der Waals surface area contributed by atoms with Gasteiger partial charge >= 0.3 is 0 Å². The van der Waals surface area contributed by atoms with Gasteiger partial charge in [0, 0.05) is 11.3 Å². The summed E-state index contributed by atoms with van der Waals surface area (Å²) in [5.74, 6) is -0.222. The Balaban J connectivity index is 1.48. The number of aryl methyl sites for hydroxylation is 2. The molecule has 0 unspecified atom stereocenters. The average Bonchev–Trinajstić information content (AvgIpc) is 3.35. The summed E-state index contributed by atoms with van der Waals surface area (Å²) in [6.45, 7) is 6.37. The largest absolute Gasteiger partial charge is 0.344 e. The quantitative estimate of drug-likeness (QED) is 0.507. The molecule has 0 saturated heterocycles. The summed E-state index contributed by atoms with van der Waals surface area (Å²) in [4.78, 5) is 16.9. The molecular weight excluding hydrogens is 342 g/mol. The van der Waals surface area contributed by atoms with E-state index in [-0.39, 0.29) is 11.9 Å². The number of imidazole rings is 1. The van der Waals surface area contributed by atoms with E-state index in [1.807, 2.05) is 49.6 Å². The van der Waals surface area contributed by atoms with Crippen LogP contribution in [0.15, 0.2) is 36.7 Å². The number of carbonyl (C=O) groups excluding carboxylic acids is 1. The standard InChI is InChI=1S/C19H21N7O/c1-11(18-12(2)22-23-13(18)3)21-19(27)16-8-14(24-25-16)9-26-10-20-15-6-4-5-7-17(15)26/h4-8,10-11H,9H2,1-3H3,(H,21,27)(H,22,23)(H,24,25)/t11-/m0/s1. The van der Waals surface area contributed by atoms with Crippen LogP contribution in [0.1, 0.15) is 46.1 Å². The molecule has 8 nitrogen and oxygen atoms in total. The van der Waals surface area contributed by atoms with Crippen molar-refractivity contribution < 1.29 is 4.79 Å². The Labute approximate surface area is 156 Å². The van der Waals surface area contributed by atoms with Crippen LogP contribution in [-0.4, -0.2) is 35.9 Å². The first-order valence-corrected chi connectivity index (χ1v) is 8.79. The van der Waals surface area contributed by atoms with Crippen molar-refractivity contribution in [3.63, 3.8) is 0 Å². The second kappa shape index (κ2) is 6.71. The van der Waals surface area contributed by atoms with Gasteiger partial charge in [0.15, 0.2) is 0 Å². The van der Waals surface area contributed by atoms with E-state index in [9.17, 15) is 4.79 Å². The van der Waals surface area contributed by atoms with Gasteiger partial charge in [-0.3, -0.25) is 15.0 Å². The van der Waals surface area contributed by atoms with Crippen LogP contribution in [0, 0.1) is 13.8 Å². The van der Waals surface area contributed by atoms with Gasteiger partial charge in [-0.1, -0.05) is 12.1 Å². The number of nitrogens with one attached hydrogen (secondary N) is 3. The maximum Gasteiger partial charge on any atom is 0.272 e. The highest BCUT2D eigenvalue weighted by molar-refractivity contribution is 5.92. The number of hydrogen-bond acceptors (Lipinski definition) is 4. The minimum absolute atomic E-state index is 0.158. The SMILES string of the molecule is Cc1n[nH]c(C)c1[C@H](C)NC(=O)c1cc(Cn2cnc3ccccc32)[nH]n1. The molecule has 3 aromatic heterocycles. The van der Waals surface area contributed by atoms with Gasteiger partial charge in [0.05, 0.1) is 41.3 Å². The molecule has 0 aliphatic rings. The number of benzene rings is 1. The summed E-state index contributed by atoms with van der Waals surface area (Å²) in [5, 5.41) is 17.2. The molecule has 0 saturated carbocycles. The number of nitrogens with zero attached hydrogens (tertiary/aromatic N) is 4. The molecule has 0 spiro atoms. The van der Waals surface area contributed by atoms with Crippen molar-refractivity contribution in [2.45, 2.75) is 33.4 Å². The number of carbonyl (C=O) groups is 1. The molecule has 3 N–H and O–H groups in total. The second-order valence-electron chi connectivity index (χ2n) is 6.68. The Morgan fingerprint density at radius 3 is 2.81 bits per heavy atom. The third kappa shape index (κ3) is 3.21. The fourth-order valence-electron chi connectivity index (χ4n) is 3.42. The van der Waals surface area contributed by atoms with Crippen molar-refractivity contribution >= 4 is 16.9 Å². The van der Waals surface area contributed by atoms with Crippen molar-refractivity contribution in [2.24, 2.45) is 0 Å². The van der Waals surface area contributed by atoms with Gasteiger partial charge in [0.25, 0.3) is 5.91 Å². The highest BCUT2D eigenvalue weighted by Gasteiger charge is 2.19. The first-order valence-electron chi connectivity index (χ1n) is 8.79. The van der Waals surface area contributed by atoms with Gasteiger partial charge in [0.1, 0.15) is 5.69 Å². The van der Waals surface area contributed by atoms with Crippen LogP contribution < -0.4 is 5.32 Å². The van der Waals surface area contributed by atoms with E-state index in [2.05, 4.69) is 30.7 Å². The molecule has 4 rings (SSSR count). The number of para-hydroxylation sites is 2. The van der Waals surface area contributed by atoms with E-state index in [1.54, 1.807) is 12.4 Å². The highest BCUT2D eigenvalue weighted by atomic mass is 16.2. The number of rotatable bonds is 5. The van der Waals surface area contributed by atoms with Gasteiger partial charge in [-0.25, -0.2) is 4.98 Å². The van der Waals surface area contributed by atoms with Crippen LogP contribution in [-0.2, 0) is 6.54 Å². The number of hydrogen-bond donors (Lipinski definition) is 3. The van der Waals surface area contributed by atoms with Crippen molar-refractivity contribution in [3.8, 4) is 0 Å². The van der Waals surface area contributed by atoms with Crippen LogP contribution in [0.2, 0.25) is 0 Å². The minimum atomic E-state index is -0.222. The zero-order valence-electron chi connectivity index (χ0n) is 15.4. The maximum absolute atomic E-state index is 12.6. The van der Waals surface area contributed by atoms with Crippen molar-refractivity contribution in [2.75, 3.05) is 0 Å². The molecule has 0 radical (unpaired) electrons. The second-order valence-corrected chi connectivity index (χ2v) is 6.68. The molecule has 138 valence electrons. The number of aromatic amines is 2. The predicted octanol–water partition coefficient (Wildman–Crippen LogP) is 2.64. The van der Waals surface area contributed by atoms with E-state index in [0.717, 1.165) is 33.7 Å². The Hall–Kier alpha value is -3.42. The number of amides is 1. The third-order valence-electron chi connectivity index (χ3n) is 4.70. The highest BCUT2D eigenvalue weighted by Crippen LogP contribution is 2.19. The van der Waals surface area contributed by atoms with Gasteiger partial charge in [-0.2, -0.15) is 10.2 Å². The predicted molar refractivity (Wildman–Crippen MR) is 101 cm³/mol. The Bertz CT molecular complexity index is 1080. The monoisotopic (exact) mass is 363 g/mol. The zero-order valence-corrected chi connectivity index (χ0v) is 15.4. The van der Waals surface area contributed by atoms with Crippen molar-refractivity contribution in [1.29, 1.82) is 0 Å². The molecule has 27 heavy (non-hydrogen) atoms. The molecule has 3 heterocycles. The Kier molecular flexibility index (Phi) is 4.23. The molecule has 4 aromatic rings. The summed E-state index contributed by atoms with van der Waals surface area (Å²) in [6.07, 6.45) is 1.79. The van der Waals surface area contributed by atoms with Crippen LogP contribution >= 0.6 is 0 Å². The Morgan fingerprint density at radius 2 is 2.04 bits per heavy atom. The molecule has 0 bridgehead atoms. The van der Waals surface area contributed by atoms with Crippen LogP contribution in [0.5, 0.6) is 0 Å². The number of fused-ring (bicyclic) bond motifs is 1. The molecule has 1 atom stereocenters. The lowest BCUT2D eigenvalue weighted by Gasteiger charge is -2.13. The lowest BCUT2D eigenvalue weighted by molar-refractivity contribution is 0.0934. The van der Waals surface area contributed by atoms with Gasteiger partial charge in [-0.05, 0) is 39.0 Å². The molecule has 0 aliphatic heterocycles. The summed E-state index contributed by atoms with van der Waals surface area (Å²) in [5.41, 5.74) is 6.02. The molecule has 8 heteroatoms. The summed E-state index contributed by atoms with van der Waals surface area (Å²) in [7, 11) is 0. The van der Waals surface area contributed by atoms with Crippen LogP contribution in [0.4, 0.5) is 0 Å². The third-order valence-corrected chi connectivity index (χ3v) is 4.70. The summed E-state index contributed by atoms with van der Waals surface area (Å²) >= 11 is 0. The Morgan fingerprint density at radius 1 is 1.22 bits per heavy atom. The first-order chi connectivity index (χ1) is 13.0. The molecule has 1 amide bonds. The zero-order chi connectivity index (χ0) is 19.0. The van der Waals surface area contributed by atoms with Crippen LogP contribution in [0.25, 0.3) is 11.0 Å². The van der Waals surface area contributed by atoms with Crippen molar-refractivity contribution in [3.05, 3.63) is 65.0 Å². The normalized spacial score (nSPS) is 12.4. The van der Waals surface area contributed by atoms with Gasteiger partial charge in [-0.15, -0.1) is 0 Å². The fourth-order valence-corrected chi connectivity index (χ4v) is 3.42. The van der Waals surface area contributed by atoms with Crippen molar-refractivity contribution in [1.82, 2.24) is 35.3 Å². The molecule has 0 fully saturated rings.